The Hall–Kier alpha value is -1.93. The number of nitro benzene ring substituents is 1. The minimum absolute atomic E-state index is 0.108. The Labute approximate surface area is 106 Å². The molecule has 0 aliphatic heterocycles. The molecular weight excluding hydrogens is 258 g/mol. The number of rotatable bonds is 4. The van der Waals surface area contributed by atoms with Gasteiger partial charge in [0.05, 0.1) is 17.1 Å². The van der Waals surface area contributed by atoms with Crippen LogP contribution in [0.15, 0.2) is 32.7 Å². The summed E-state index contributed by atoms with van der Waals surface area (Å²) in [7, 11) is 0. The number of aryl methyl sites for hydroxylation is 1. The summed E-state index contributed by atoms with van der Waals surface area (Å²) in [5.74, 6) is 0.446. The number of aliphatic hydroxyl groups excluding tert-OH is 1. The van der Waals surface area contributed by atoms with Crippen LogP contribution in [0.1, 0.15) is 11.5 Å². The van der Waals surface area contributed by atoms with E-state index in [2.05, 4.69) is 10.2 Å². The van der Waals surface area contributed by atoms with E-state index in [4.69, 9.17) is 9.52 Å². The molecule has 0 bridgehead atoms. The van der Waals surface area contributed by atoms with Crippen molar-refractivity contribution in [2.45, 2.75) is 23.6 Å². The third-order valence-electron chi connectivity index (χ3n) is 2.13. The highest BCUT2D eigenvalue weighted by molar-refractivity contribution is 7.99. The van der Waals surface area contributed by atoms with Crippen molar-refractivity contribution in [1.29, 1.82) is 0 Å². The van der Waals surface area contributed by atoms with Crippen LogP contribution in [-0.2, 0) is 6.61 Å². The van der Waals surface area contributed by atoms with Crippen molar-refractivity contribution in [2.75, 3.05) is 0 Å². The van der Waals surface area contributed by atoms with Crippen molar-refractivity contribution < 1.29 is 14.4 Å². The van der Waals surface area contributed by atoms with E-state index in [1.165, 1.54) is 23.9 Å². The van der Waals surface area contributed by atoms with Crippen LogP contribution in [0.4, 0.5) is 5.69 Å². The van der Waals surface area contributed by atoms with Gasteiger partial charge >= 0.3 is 0 Å². The van der Waals surface area contributed by atoms with Crippen LogP contribution < -0.4 is 0 Å². The van der Waals surface area contributed by atoms with Gasteiger partial charge in [-0.25, -0.2) is 0 Å². The van der Waals surface area contributed by atoms with Crippen molar-refractivity contribution in [3.05, 3.63) is 39.8 Å². The van der Waals surface area contributed by atoms with Crippen LogP contribution >= 0.6 is 11.8 Å². The van der Waals surface area contributed by atoms with E-state index in [9.17, 15) is 10.1 Å². The molecule has 7 nitrogen and oxygen atoms in total. The average molecular weight is 267 g/mol. The summed E-state index contributed by atoms with van der Waals surface area (Å²) in [5.41, 5.74) is 0.143. The predicted molar refractivity (Wildman–Crippen MR) is 62.2 cm³/mol. The maximum absolute atomic E-state index is 10.7. The molecule has 18 heavy (non-hydrogen) atoms. The van der Waals surface area contributed by atoms with Crippen LogP contribution in [-0.4, -0.2) is 20.2 Å². The lowest BCUT2D eigenvalue weighted by Gasteiger charge is -2.01. The van der Waals surface area contributed by atoms with Gasteiger partial charge in [0.2, 0.25) is 5.89 Å². The van der Waals surface area contributed by atoms with Crippen molar-refractivity contribution in [3.8, 4) is 0 Å². The fourth-order valence-corrected chi connectivity index (χ4v) is 2.13. The van der Waals surface area contributed by atoms with Gasteiger partial charge in [0.1, 0.15) is 0 Å². The van der Waals surface area contributed by atoms with Crippen molar-refractivity contribution in [3.63, 3.8) is 0 Å². The fraction of sp³-hybridized carbons (Fsp3) is 0.200. The van der Waals surface area contributed by atoms with Gasteiger partial charge in [-0.3, -0.25) is 10.1 Å². The van der Waals surface area contributed by atoms with Crippen molar-refractivity contribution in [1.82, 2.24) is 10.2 Å². The summed E-state index contributed by atoms with van der Waals surface area (Å²) >= 11 is 1.18. The number of aliphatic hydroxyl groups is 1. The average Bonchev–Trinajstić information content (AvgIpc) is 2.74. The molecule has 1 aromatic carbocycles. The predicted octanol–water partition coefficient (Wildman–Crippen LogP) is 1.93. The first kappa shape index (κ1) is 12.5. The number of hydrogen-bond acceptors (Lipinski definition) is 7. The molecule has 0 radical (unpaired) electrons. The van der Waals surface area contributed by atoms with Gasteiger partial charge < -0.3 is 9.52 Å². The Morgan fingerprint density at radius 1 is 1.50 bits per heavy atom. The first-order chi connectivity index (χ1) is 8.60. The normalized spacial score (nSPS) is 10.6. The van der Waals surface area contributed by atoms with Gasteiger partial charge in [0, 0.05) is 17.9 Å². The molecule has 0 atom stereocenters. The Morgan fingerprint density at radius 2 is 2.28 bits per heavy atom. The summed E-state index contributed by atoms with van der Waals surface area (Å²) in [6.45, 7) is 1.28. The van der Waals surface area contributed by atoms with E-state index >= 15 is 0 Å². The second-order valence-corrected chi connectivity index (χ2v) is 4.42. The second kappa shape index (κ2) is 5.15. The molecule has 0 aliphatic carbocycles. The third-order valence-corrected chi connectivity index (χ3v) is 2.96. The van der Waals surface area contributed by atoms with Gasteiger partial charge in [-0.15, -0.1) is 10.2 Å². The number of nitro groups is 1. The maximum atomic E-state index is 10.7. The number of benzene rings is 1. The maximum Gasteiger partial charge on any atom is 0.281 e. The zero-order chi connectivity index (χ0) is 13.1. The van der Waals surface area contributed by atoms with Crippen LogP contribution in [0.2, 0.25) is 0 Å². The van der Waals surface area contributed by atoms with Gasteiger partial charge in [0.25, 0.3) is 10.9 Å². The summed E-state index contributed by atoms with van der Waals surface area (Å²) in [5, 5.41) is 27.6. The van der Waals surface area contributed by atoms with Gasteiger partial charge in [-0.05, 0) is 23.9 Å². The second-order valence-electron chi connectivity index (χ2n) is 3.39. The van der Waals surface area contributed by atoms with Crippen LogP contribution in [0.25, 0.3) is 0 Å². The van der Waals surface area contributed by atoms with Crippen molar-refractivity contribution in [2.24, 2.45) is 0 Å². The number of aromatic nitrogens is 2. The SMILES string of the molecule is Cc1nnc(Sc2ccc([N+](=O)[O-])c(CO)c2)o1. The standard InChI is InChI=1S/C10H9N3O4S/c1-6-11-12-10(17-6)18-8-2-3-9(13(15)16)7(4-8)5-14/h2-4,14H,5H2,1H3. The van der Waals surface area contributed by atoms with Crippen LogP contribution in [0, 0.1) is 17.0 Å². The highest BCUT2D eigenvalue weighted by Crippen LogP contribution is 2.30. The Kier molecular flexibility index (Phi) is 3.58. The molecule has 1 N–H and O–H groups in total. The third kappa shape index (κ3) is 2.66. The molecule has 1 aromatic heterocycles. The minimum Gasteiger partial charge on any atom is -0.416 e. The summed E-state index contributed by atoms with van der Waals surface area (Å²) in [6.07, 6.45) is 0. The molecule has 0 saturated carbocycles. The van der Waals surface area contributed by atoms with Gasteiger partial charge in [-0.2, -0.15) is 0 Å². The molecular formula is C10H9N3O4S. The van der Waals surface area contributed by atoms with Crippen LogP contribution in [0.5, 0.6) is 0 Å². The molecule has 94 valence electrons. The Bertz CT molecular complexity index is 584. The van der Waals surface area contributed by atoms with E-state index in [1.807, 2.05) is 0 Å². The Balaban J connectivity index is 2.27. The molecule has 0 unspecified atom stereocenters. The largest absolute Gasteiger partial charge is 0.416 e. The van der Waals surface area contributed by atoms with E-state index in [0.29, 0.717) is 16.0 Å². The zero-order valence-electron chi connectivity index (χ0n) is 9.36. The summed E-state index contributed by atoms with van der Waals surface area (Å²) in [4.78, 5) is 10.9. The monoisotopic (exact) mass is 267 g/mol. The molecule has 2 aromatic rings. The number of nitrogens with zero attached hydrogens (tertiary/aromatic N) is 3. The molecule has 0 amide bonds. The highest BCUT2D eigenvalue weighted by atomic mass is 32.2. The van der Waals surface area contributed by atoms with E-state index in [1.54, 1.807) is 13.0 Å². The molecule has 0 spiro atoms. The highest BCUT2D eigenvalue weighted by Gasteiger charge is 2.14. The lowest BCUT2D eigenvalue weighted by molar-refractivity contribution is -0.385. The van der Waals surface area contributed by atoms with Gasteiger partial charge in [-0.1, -0.05) is 0 Å². The quantitative estimate of drug-likeness (QED) is 0.666. The smallest absolute Gasteiger partial charge is 0.281 e. The molecule has 0 aliphatic rings. The fourth-order valence-electron chi connectivity index (χ4n) is 1.35. The van der Waals surface area contributed by atoms with Crippen molar-refractivity contribution >= 4 is 17.4 Å². The lowest BCUT2D eigenvalue weighted by Crippen LogP contribution is -1.95. The van der Waals surface area contributed by atoms with E-state index in [0.717, 1.165) is 0 Å². The lowest BCUT2D eigenvalue weighted by atomic mass is 10.2. The molecule has 8 heteroatoms. The Morgan fingerprint density at radius 3 is 2.83 bits per heavy atom. The van der Waals surface area contributed by atoms with E-state index in [-0.39, 0.29) is 11.3 Å². The summed E-state index contributed by atoms with van der Waals surface area (Å²) in [6, 6.07) is 4.45. The molecule has 0 fully saturated rings. The van der Waals surface area contributed by atoms with Crippen LogP contribution in [0.3, 0.4) is 0 Å². The summed E-state index contributed by atoms with van der Waals surface area (Å²) < 4.78 is 5.18. The first-order valence-electron chi connectivity index (χ1n) is 4.96. The zero-order valence-corrected chi connectivity index (χ0v) is 10.2. The molecule has 0 saturated heterocycles. The topological polar surface area (TPSA) is 102 Å². The van der Waals surface area contributed by atoms with E-state index < -0.39 is 11.5 Å². The number of hydrogen-bond donors (Lipinski definition) is 1. The minimum atomic E-state index is -0.531. The molecule has 1 heterocycles. The van der Waals surface area contributed by atoms with Gasteiger partial charge in [0.15, 0.2) is 0 Å². The molecule has 2 rings (SSSR count). The first-order valence-corrected chi connectivity index (χ1v) is 5.78.